The molecule has 0 unspecified atom stereocenters. The van der Waals surface area contributed by atoms with Crippen LogP contribution in [-0.2, 0) is 9.59 Å². The molecule has 1 aromatic carbocycles. The third-order valence-electron chi connectivity index (χ3n) is 5.49. The Labute approximate surface area is 157 Å². The van der Waals surface area contributed by atoms with Crippen LogP contribution < -0.4 is 10.2 Å². The van der Waals surface area contributed by atoms with E-state index in [9.17, 15) is 14.4 Å². The van der Waals surface area contributed by atoms with E-state index >= 15 is 0 Å². The summed E-state index contributed by atoms with van der Waals surface area (Å²) in [5.41, 5.74) is 1.96. The molecule has 136 valence electrons. The number of amides is 3. The van der Waals surface area contributed by atoms with Gasteiger partial charge in [-0.2, -0.15) is 0 Å². The van der Waals surface area contributed by atoms with E-state index in [1.54, 1.807) is 4.90 Å². The van der Waals surface area contributed by atoms with E-state index in [0.29, 0.717) is 12.1 Å². The van der Waals surface area contributed by atoms with Gasteiger partial charge in [0.05, 0.1) is 16.2 Å². The molecule has 0 radical (unpaired) electrons. The van der Waals surface area contributed by atoms with Gasteiger partial charge >= 0.3 is 0 Å². The summed E-state index contributed by atoms with van der Waals surface area (Å²) >= 11 is 0.819. The summed E-state index contributed by atoms with van der Waals surface area (Å²) in [5, 5.41) is 1.83. The summed E-state index contributed by atoms with van der Waals surface area (Å²) < 4.78 is 0. The van der Waals surface area contributed by atoms with Crippen molar-refractivity contribution in [2.45, 2.75) is 44.9 Å². The normalized spacial score (nSPS) is 23.5. The third-order valence-corrected chi connectivity index (χ3v) is 6.37. The first-order valence-corrected chi connectivity index (χ1v) is 10.2. The Hall–Kier alpha value is -2.08. The molecule has 3 aliphatic rings. The minimum Gasteiger partial charge on any atom is -0.308 e. The first-order valence-electron chi connectivity index (χ1n) is 9.34. The number of anilines is 1. The molecular weight excluding hydrogens is 348 g/mol. The molecule has 5 nitrogen and oxygen atoms in total. The molecule has 0 spiro atoms. The molecule has 0 atom stereocenters. The maximum absolute atomic E-state index is 13.0. The summed E-state index contributed by atoms with van der Waals surface area (Å²) in [6, 6.07) is 7.53. The molecule has 0 bridgehead atoms. The van der Waals surface area contributed by atoms with Crippen molar-refractivity contribution in [2.75, 3.05) is 11.4 Å². The average Bonchev–Trinajstić information content (AvgIpc) is 3.12. The number of carbonyl (C=O) groups excluding carboxylic acids is 3. The van der Waals surface area contributed by atoms with E-state index in [4.69, 9.17) is 0 Å². The molecule has 1 saturated carbocycles. The summed E-state index contributed by atoms with van der Waals surface area (Å²) in [6.45, 7) is 0.656. The van der Waals surface area contributed by atoms with Gasteiger partial charge in [0.1, 0.15) is 0 Å². The van der Waals surface area contributed by atoms with Crippen molar-refractivity contribution in [3.05, 3.63) is 34.7 Å². The van der Waals surface area contributed by atoms with Crippen molar-refractivity contribution >= 4 is 40.1 Å². The average molecular weight is 370 g/mol. The van der Waals surface area contributed by atoms with Crippen LogP contribution in [0.25, 0.3) is 5.57 Å². The van der Waals surface area contributed by atoms with Crippen molar-refractivity contribution in [1.82, 2.24) is 5.32 Å². The van der Waals surface area contributed by atoms with Gasteiger partial charge in [-0.3, -0.25) is 19.7 Å². The lowest BCUT2D eigenvalue weighted by Crippen LogP contribution is -2.28. The van der Waals surface area contributed by atoms with E-state index < -0.39 is 11.1 Å². The lowest BCUT2D eigenvalue weighted by molar-refractivity contribution is -0.116. The first kappa shape index (κ1) is 17.3. The van der Waals surface area contributed by atoms with Crippen molar-refractivity contribution < 1.29 is 14.4 Å². The minimum absolute atomic E-state index is 0.165. The number of hydrogen-bond donors (Lipinski definition) is 1. The van der Waals surface area contributed by atoms with E-state index in [-0.39, 0.29) is 10.8 Å². The second-order valence-electron chi connectivity index (χ2n) is 7.17. The number of para-hydroxylation sites is 1. The zero-order chi connectivity index (χ0) is 18.1. The largest absolute Gasteiger partial charge is 0.308 e. The highest BCUT2D eigenvalue weighted by atomic mass is 32.2. The van der Waals surface area contributed by atoms with Crippen LogP contribution in [-0.4, -0.2) is 23.6 Å². The first-order chi connectivity index (χ1) is 12.6. The van der Waals surface area contributed by atoms with Gasteiger partial charge in [0.25, 0.3) is 17.1 Å². The number of benzene rings is 1. The molecule has 2 fully saturated rings. The Morgan fingerprint density at radius 3 is 2.58 bits per heavy atom. The Morgan fingerprint density at radius 2 is 1.85 bits per heavy atom. The lowest BCUT2D eigenvalue weighted by atomic mass is 9.86. The highest BCUT2D eigenvalue weighted by Gasteiger charge is 2.39. The molecule has 0 aromatic heterocycles. The van der Waals surface area contributed by atoms with Crippen LogP contribution in [0.2, 0.25) is 0 Å². The Morgan fingerprint density at radius 1 is 1.08 bits per heavy atom. The van der Waals surface area contributed by atoms with Gasteiger partial charge in [-0.05, 0) is 36.6 Å². The Bertz CT molecular complexity index is 796. The van der Waals surface area contributed by atoms with Gasteiger partial charge in [-0.15, -0.1) is 0 Å². The molecule has 2 aliphatic heterocycles. The molecule has 1 aliphatic carbocycles. The molecule has 26 heavy (non-hydrogen) atoms. The van der Waals surface area contributed by atoms with Crippen LogP contribution in [0.5, 0.6) is 0 Å². The number of hydrogen-bond acceptors (Lipinski definition) is 4. The zero-order valence-corrected chi connectivity index (χ0v) is 15.4. The number of imide groups is 1. The maximum atomic E-state index is 13.0. The number of fused-ring (bicyclic) bond motifs is 1. The molecule has 1 N–H and O–H groups in total. The molecule has 4 rings (SSSR count). The number of thioether (sulfide) groups is 1. The fourth-order valence-electron chi connectivity index (χ4n) is 4.21. The number of rotatable bonds is 4. The topological polar surface area (TPSA) is 66.5 Å². The van der Waals surface area contributed by atoms with Crippen LogP contribution in [0.15, 0.2) is 29.2 Å². The number of nitrogens with one attached hydrogen (secondary N) is 1. The molecule has 6 heteroatoms. The predicted molar refractivity (Wildman–Crippen MR) is 103 cm³/mol. The van der Waals surface area contributed by atoms with E-state index in [0.717, 1.165) is 41.8 Å². The highest BCUT2D eigenvalue weighted by Crippen LogP contribution is 2.42. The van der Waals surface area contributed by atoms with Crippen molar-refractivity contribution in [3.63, 3.8) is 0 Å². The van der Waals surface area contributed by atoms with Crippen molar-refractivity contribution in [1.29, 1.82) is 0 Å². The molecule has 1 saturated heterocycles. The van der Waals surface area contributed by atoms with Crippen LogP contribution in [0.4, 0.5) is 10.5 Å². The Balaban J connectivity index is 1.55. The Kier molecular flexibility index (Phi) is 4.85. The van der Waals surface area contributed by atoms with Gasteiger partial charge in [0, 0.05) is 12.1 Å². The second kappa shape index (κ2) is 7.27. The summed E-state index contributed by atoms with van der Waals surface area (Å²) in [5.74, 6) is 0.146. The zero-order valence-electron chi connectivity index (χ0n) is 14.6. The van der Waals surface area contributed by atoms with Gasteiger partial charge in [0.15, 0.2) is 0 Å². The molecular formula is C20H22N2O3S. The summed E-state index contributed by atoms with van der Waals surface area (Å²) in [7, 11) is 0. The highest BCUT2D eigenvalue weighted by molar-refractivity contribution is 8.18. The van der Waals surface area contributed by atoms with Gasteiger partial charge in [-0.1, -0.05) is 50.3 Å². The second-order valence-corrected chi connectivity index (χ2v) is 8.15. The molecule has 1 aromatic rings. The number of nitrogens with zero attached hydrogens (tertiary/aromatic N) is 1. The van der Waals surface area contributed by atoms with Crippen molar-refractivity contribution in [2.24, 2.45) is 5.92 Å². The van der Waals surface area contributed by atoms with Gasteiger partial charge in [-0.25, -0.2) is 0 Å². The maximum Gasteiger partial charge on any atom is 0.290 e. The predicted octanol–water partition coefficient (Wildman–Crippen LogP) is 4.09. The van der Waals surface area contributed by atoms with E-state index in [1.165, 1.54) is 32.1 Å². The number of carbonyl (C=O) groups is 3. The molecule has 2 heterocycles. The minimum atomic E-state index is -0.470. The summed E-state index contributed by atoms with van der Waals surface area (Å²) in [4.78, 5) is 38.7. The lowest BCUT2D eigenvalue weighted by Gasteiger charge is -2.23. The van der Waals surface area contributed by atoms with Crippen LogP contribution >= 0.6 is 11.8 Å². The SMILES string of the molecule is O=C1NC(=O)/C(=C2/C(=O)N(CCCC3CCCCC3)c3ccccc32)S1. The fraction of sp³-hybridized carbons (Fsp3) is 0.450. The fourth-order valence-corrected chi connectivity index (χ4v) is 4.99. The smallest absolute Gasteiger partial charge is 0.290 e. The van der Waals surface area contributed by atoms with E-state index in [2.05, 4.69) is 5.32 Å². The molecule has 3 amide bonds. The monoisotopic (exact) mass is 370 g/mol. The quantitative estimate of drug-likeness (QED) is 0.811. The van der Waals surface area contributed by atoms with E-state index in [1.807, 2.05) is 24.3 Å². The van der Waals surface area contributed by atoms with Crippen molar-refractivity contribution in [3.8, 4) is 0 Å². The van der Waals surface area contributed by atoms with Crippen LogP contribution in [0.3, 0.4) is 0 Å². The summed E-state index contributed by atoms with van der Waals surface area (Å²) in [6.07, 6.45) is 8.72. The van der Waals surface area contributed by atoms with Gasteiger partial charge in [0.2, 0.25) is 0 Å². The van der Waals surface area contributed by atoms with Crippen LogP contribution in [0, 0.1) is 5.92 Å². The standard InChI is InChI=1S/C20H22N2O3S/c23-18-17(26-20(25)21-18)16-14-10-4-5-11-15(14)22(19(16)24)12-6-9-13-7-2-1-3-8-13/h4-5,10-11,13H,1-3,6-9,12H2,(H,21,23,25)/b17-16-. The third kappa shape index (κ3) is 3.18. The van der Waals surface area contributed by atoms with Crippen LogP contribution in [0.1, 0.15) is 50.5 Å². The van der Waals surface area contributed by atoms with Gasteiger partial charge < -0.3 is 4.90 Å².